The SMILES string of the molecule is COCCCNC(=O)C1CCN(Cc2nc(-c3cccc(Cl)c3)oc2C)CC1. The minimum Gasteiger partial charge on any atom is -0.441 e. The Kier molecular flexibility index (Phi) is 7.48. The molecular formula is C21H28ClN3O3. The lowest BCUT2D eigenvalue weighted by molar-refractivity contribution is -0.126. The second-order valence-corrected chi connectivity index (χ2v) is 7.66. The number of nitrogens with zero attached hydrogens (tertiary/aromatic N) is 2. The number of piperidine rings is 1. The van der Waals surface area contributed by atoms with E-state index in [1.807, 2.05) is 31.2 Å². The van der Waals surface area contributed by atoms with Crippen LogP contribution in [-0.4, -0.2) is 49.1 Å². The van der Waals surface area contributed by atoms with Gasteiger partial charge in [-0.05, 0) is 57.5 Å². The van der Waals surface area contributed by atoms with Crippen molar-refractivity contribution in [3.8, 4) is 11.5 Å². The Labute approximate surface area is 171 Å². The van der Waals surface area contributed by atoms with E-state index in [0.717, 1.165) is 55.9 Å². The predicted molar refractivity (Wildman–Crippen MR) is 109 cm³/mol. The van der Waals surface area contributed by atoms with Crippen molar-refractivity contribution in [3.05, 3.63) is 40.7 Å². The fourth-order valence-electron chi connectivity index (χ4n) is 3.46. The number of hydrogen-bond acceptors (Lipinski definition) is 5. The lowest BCUT2D eigenvalue weighted by atomic mass is 9.95. The zero-order valence-corrected chi connectivity index (χ0v) is 17.3. The highest BCUT2D eigenvalue weighted by molar-refractivity contribution is 6.30. The van der Waals surface area contributed by atoms with Gasteiger partial charge in [-0.25, -0.2) is 4.98 Å². The van der Waals surface area contributed by atoms with E-state index in [4.69, 9.17) is 20.8 Å². The van der Waals surface area contributed by atoms with Gasteiger partial charge in [0, 0.05) is 43.3 Å². The summed E-state index contributed by atoms with van der Waals surface area (Å²) in [5, 5.41) is 3.68. The van der Waals surface area contributed by atoms with Crippen molar-refractivity contribution in [1.29, 1.82) is 0 Å². The van der Waals surface area contributed by atoms with Gasteiger partial charge < -0.3 is 14.5 Å². The Morgan fingerprint density at radius 3 is 2.89 bits per heavy atom. The fourth-order valence-corrected chi connectivity index (χ4v) is 3.65. The number of nitrogens with one attached hydrogen (secondary N) is 1. The summed E-state index contributed by atoms with van der Waals surface area (Å²) in [6, 6.07) is 7.52. The second-order valence-electron chi connectivity index (χ2n) is 7.22. The number of benzene rings is 1. The van der Waals surface area contributed by atoms with E-state index in [1.165, 1.54) is 0 Å². The lowest BCUT2D eigenvalue weighted by Crippen LogP contribution is -2.40. The van der Waals surface area contributed by atoms with Crippen LogP contribution in [0.2, 0.25) is 5.02 Å². The van der Waals surface area contributed by atoms with Gasteiger partial charge in [-0.3, -0.25) is 9.69 Å². The van der Waals surface area contributed by atoms with Crippen LogP contribution in [0.15, 0.2) is 28.7 Å². The number of carbonyl (C=O) groups excluding carboxylic acids is 1. The molecule has 7 heteroatoms. The number of rotatable bonds is 8. The minimum absolute atomic E-state index is 0.0965. The molecule has 2 aromatic rings. The van der Waals surface area contributed by atoms with E-state index in [1.54, 1.807) is 7.11 Å². The molecule has 0 atom stereocenters. The summed E-state index contributed by atoms with van der Waals surface area (Å²) in [5.41, 5.74) is 1.82. The molecular weight excluding hydrogens is 378 g/mol. The van der Waals surface area contributed by atoms with Crippen molar-refractivity contribution in [1.82, 2.24) is 15.2 Å². The fraction of sp³-hybridized carbons (Fsp3) is 0.524. The topological polar surface area (TPSA) is 67.6 Å². The highest BCUT2D eigenvalue weighted by Gasteiger charge is 2.25. The molecule has 2 heterocycles. The first kappa shape index (κ1) is 20.8. The smallest absolute Gasteiger partial charge is 0.226 e. The predicted octanol–water partition coefficient (Wildman–Crippen LogP) is 3.67. The molecule has 1 aromatic heterocycles. The molecule has 3 rings (SSSR count). The Balaban J connectivity index is 1.50. The summed E-state index contributed by atoms with van der Waals surface area (Å²) in [7, 11) is 1.67. The molecule has 1 aliphatic heterocycles. The van der Waals surface area contributed by atoms with Crippen LogP contribution in [0.5, 0.6) is 0 Å². The number of oxazole rings is 1. The van der Waals surface area contributed by atoms with E-state index in [-0.39, 0.29) is 11.8 Å². The van der Waals surface area contributed by atoms with E-state index in [0.29, 0.717) is 24.1 Å². The van der Waals surface area contributed by atoms with E-state index >= 15 is 0 Å². The molecule has 1 aliphatic rings. The molecule has 0 bridgehead atoms. The molecule has 28 heavy (non-hydrogen) atoms. The van der Waals surface area contributed by atoms with Crippen LogP contribution in [0, 0.1) is 12.8 Å². The second kappa shape index (κ2) is 10.0. The number of hydrogen-bond donors (Lipinski definition) is 1. The van der Waals surface area contributed by atoms with Crippen molar-refractivity contribution in [2.24, 2.45) is 5.92 Å². The van der Waals surface area contributed by atoms with Gasteiger partial charge in [-0.15, -0.1) is 0 Å². The number of aromatic nitrogens is 1. The maximum atomic E-state index is 12.3. The van der Waals surface area contributed by atoms with Crippen LogP contribution in [0.1, 0.15) is 30.7 Å². The number of halogens is 1. The largest absolute Gasteiger partial charge is 0.441 e. The number of methoxy groups -OCH3 is 1. The molecule has 1 amide bonds. The molecule has 0 unspecified atom stereocenters. The van der Waals surface area contributed by atoms with E-state index in [9.17, 15) is 4.79 Å². The van der Waals surface area contributed by atoms with Gasteiger partial charge in [0.2, 0.25) is 11.8 Å². The quantitative estimate of drug-likeness (QED) is 0.678. The Hall–Kier alpha value is -1.89. The normalized spacial score (nSPS) is 15.7. The maximum Gasteiger partial charge on any atom is 0.226 e. The number of aryl methyl sites for hydroxylation is 1. The average Bonchev–Trinajstić information content (AvgIpc) is 3.06. The molecule has 0 aliphatic carbocycles. The van der Waals surface area contributed by atoms with Crippen molar-refractivity contribution in [2.45, 2.75) is 32.7 Å². The molecule has 0 saturated carbocycles. The number of likely N-dealkylation sites (tertiary alicyclic amines) is 1. The third kappa shape index (κ3) is 5.56. The molecule has 1 aromatic carbocycles. The zero-order valence-electron chi connectivity index (χ0n) is 16.5. The van der Waals surface area contributed by atoms with Gasteiger partial charge in [0.15, 0.2) is 0 Å². The molecule has 6 nitrogen and oxygen atoms in total. The first-order chi connectivity index (χ1) is 13.6. The van der Waals surface area contributed by atoms with Gasteiger partial charge in [-0.2, -0.15) is 0 Å². The maximum absolute atomic E-state index is 12.3. The van der Waals surface area contributed by atoms with Crippen LogP contribution < -0.4 is 5.32 Å². The Bertz CT molecular complexity index is 785. The minimum atomic E-state index is 0.0965. The molecule has 0 spiro atoms. The Morgan fingerprint density at radius 1 is 1.39 bits per heavy atom. The highest BCUT2D eigenvalue weighted by atomic mass is 35.5. The first-order valence-corrected chi connectivity index (χ1v) is 10.2. The van der Waals surface area contributed by atoms with E-state index < -0.39 is 0 Å². The first-order valence-electron chi connectivity index (χ1n) is 9.78. The molecule has 0 radical (unpaired) electrons. The van der Waals surface area contributed by atoms with Crippen molar-refractivity contribution < 1.29 is 13.9 Å². The van der Waals surface area contributed by atoms with Crippen molar-refractivity contribution >= 4 is 17.5 Å². The summed E-state index contributed by atoms with van der Waals surface area (Å²) in [6.07, 6.45) is 2.59. The van der Waals surface area contributed by atoms with Crippen molar-refractivity contribution in [3.63, 3.8) is 0 Å². The van der Waals surface area contributed by atoms with Gasteiger partial charge in [0.1, 0.15) is 5.76 Å². The van der Waals surface area contributed by atoms with Crippen LogP contribution in [0.3, 0.4) is 0 Å². The molecule has 152 valence electrons. The molecule has 1 fully saturated rings. The summed E-state index contributed by atoms with van der Waals surface area (Å²) in [5.74, 6) is 1.68. The van der Waals surface area contributed by atoms with Gasteiger partial charge in [0.25, 0.3) is 0 Å². The average molecular weight is 406 g/mol. The van der Waals surface area contributed by atoms with Gasteiger partial charge >= 0.3 is 0 Å². The number of carbonyl (C=O) groups is 1. The van der Waals surface area contributed by atoms with E-state index in [2.05, 4.69) is 15.2 Å². The Morgan fingerprint density at radius 2 is 2.18 bits per heavy atom. The van der Waals surface area contributed by atoms with Crippen molar-refractivity contribution in [2.75, 3.05) is 33.4 Å². The monoisotopic (exact) mass is 405 g/mol. The third-order valence-corrected chi connectivity index (χ3v) is 5.36. The third-order valence-electron chi connectivity index (χ3n) is 5.12. The number of ether oxygens (including phenoxy) is 1. The van der Waals surface area contributed by atoms with Gasteiger partial charge in [-0.1, -0.05) is 17.7 Å². The summed E-state index contributed by atoms with van der Waals surface area (Å²) in [4.78, 5) is 19.3. The summed E-state index contributed by atoms with van der Waals surface area (Å²) >= 11 is 6.07. The van der Waals surface area contributed by atoms with Gasteiger partial charge in [0.05, 0.1) is 5.69 Å². The lowest BCUT2D eigenvalue weighted by Gasteiger charge is -2.30. The molecule has 1 saturated heterocycles. The van der Waals surface area contributed by atoms with Crippen LogP contribution in [0.4, 0.5) is 0 Å². The number of amides is 1. The molecule has 1 N–H and O–H groups in total. The summed E-state index contributed by atoms with van der Waals surface area (Å²) < 4.78 is 10.9. The van der Waals surface area contributed by atoms with Crippen LogP contribution in [0.25, 0.3) is 11.5 Å². The van der Waals surface area contributed by atoms with Crippen LogP contribution >= 0.6 is 11.6 Å². The summed E-state index contributed by atoms with van der Waals surface area (Å²) in [6.45, 7) is 5.79. The zero-order chi connectivity index (χ0) is 19.9. The van der Waals surface area contributed by atoms with Crippen LogP contribution in [-0.2, 0) is 16.1 Å². The standard InChI is InChI=1S/C21H28ClN3O3/c1-15-19(24-21(28-15)17-5-3-6-18(22)13-17)14-25-10-7-16(8-11-25)20(26)23-9-4-12-27-2/h3,5-6,13,16H,4,7-12,14H2,1-2H3,(H,23,26). The highest BCUT2D eigenvalue weighted by Crippen LogP contribution is 2.26.